The average Bonchev–Trinajstić information content (AvgIpc) is 2.48. The van der Waals surface area contributed by atoms with Gasteiger partial charge in [0.1, 0.15) is 0 Å². The van der Waals surface area contributed by atoms with Gasteiger partial charge in [-0.1, -0.05) is 48.0 Å². The quantitative estimate of drug-likeness (QED) is 0.807. The number of benzene rings is 1. The fourth-order valence-corrected chi connectivity index (χ4v) is 2.26. The third-order valence-corrected chi connectivity index (χ3v) is 3.49. The van der Waals surface area contributed by atoms with E-state index in [2.05, 4.69) is 67.2 Å². The van der Waals surface area contributed by atoms with Gasteiger partial charge in [-0.15, -0.1) is 0 Å². The lowest BCUT2D eigenvalue weighted by molar-refractivity contribution is 0.279. The first-order chi connectivity index (χ1) is 9.66. The molecule has 1 atom stereocenters. The van der Waals surface area contributed by atoms with E-state index in [1.807, 2.05) is 24.4 Å². The Bertz CT molecular complexity index is 546. The van der Waals surface area contributed by atoms with Crippen molar-refractivity contribution in [2.75, 3.05) is 13.6 Å². The van der Waals surface area contributed by atoms with E-state index < -0.39 is 0 Å². The van der Waals surface area contributed by atoms with Crippen LogP contribution in [-0.4, -0.2) is 23.5 Å². The molecule has 2 aromatic rings. The van der Waals surface area contributed by atoms with E-state index in [0.29, 0.717) is 6.04 Å². The van der Waals surface area contributed by atoms with Gasteiger partial charge < -0.3 is 0 Å². The van der Waals surface area contributed by atoms with Gasteiger partial charge >= 0.3 is 0 Å². The van der Waals surface area contributed by atoms with Crippen molar-refractivity contribution in [2.24, 2.45) is 0 Å². The predicted octanol–water partition coefficient (Wildman–Crippen LogP) is 4.18. The number of likely N-dealkylation sites (N-methyl/N-ethyl adjacent to an activating group) is 1. The average molecular weight is 266 g/mol. The summed E-state index contributed by atoms with van der Waals surface area (Å²) in [5.41, 5.74) is 3.72. The molecule has 0 amide bonds. The van der Waals surface area contributed by atoms with Crippen LogP contribution in [0.1, 0.15) is 31.1 Å². The van der Waals surface area contributed by atoms with Gasteiger partial charge in [0.05, 0.1) is 5.69 Å². The van der Waals surface area contributed by atoms with Crippen molar-refractivity contribution in [3.63, 3.8) is 0 Å². The molecule has 1 unspecified atom stereocenters. The first-order valence-corrected chi connectivity index (χ1v) is 7.00. The van der Waals surface area contributed by atoms with Crippen molar-refractivity contribution in [1.82, 2.24) is 9.88 Å². The molecule has 1 aromatic heterocycles. The third-order valence-electron chi connectivity index (χ3n) is 3.49. The molecule has 0 N–H and O–H groups in total. The fourth-order valence-electron chi connectivity index (χ4n) is 2.26. The summed E-state index contributed by atoms with van der Waals surface area (Å²) in [6, 6.07) is 16.8. The Morgan fingerprint density at radius 1 is 1.15 bits per heavy atom. The van der Waals surface area contributed by atoms with Crippen molar-refractivity contribution in [3.05, 3.63) is 71.6 Å². The maximum atomic E-state index is 4.43. The molecule has 0 fully saturated rings. The van der Waals surface area contributed by atoms with Crippen LogP contribution in [0.25, 0.3) is 6.08 Å². The highest BCUT2D eigenvalue weighted by Crippen LogP contribution is 2.17. The van der Waals surface area contributed by atoms with Gasteiger partial charge in [-0.3, -0.25) is 9.88 Å². The number of aromatic nitrogens is 1. The SMILES string of the molecule is CC(=Cc1ccccc1)CN(C)C(C)c1ccccn1. The van der Waals surface area contributed by atoms with Crippen LogP contribution >= 0.6 is 0 Å². The zero-order valence-corrected chi connectivity index (χ0v) is 12.5. The third kappa shape index (κ3) is 4.04. The minimum absolute atomic E-state index is 0.315. The molecule has 1 aromatic carbocycles. The molecule has 1 heterocycles. The summed E-state index contributed by atoms with van der Waals surface area (Å²) in [5.74, 6) is 0. The Kier molecular flexibility index (Phi) is 5.08. The second-order valence-corrected chi connectivity index (χ2v) is 5.25. The number of pyridine rings is 1. The number of hydrogen-bond acceptors (Lipinski definition) is 2. The molecule has 0 saturated carbocycles. The van der Waals surface area contributed by atoms with Crippen LogP contribution in [-0.2, 0) is 0 Å². The van der Waals surface area contributed by atoms with Crippen molar-refractivity contribution in [1.29, 1.82) is 0 Å². The zero-order chi connectivity index (χ0) is 14.4. The summed E-state index contributed by atoms with van der Waals surface area (Å²) in [5, 5.41) is 0. The van der Waals surface area contributed by atoms with Crippen LogP contribution in [0.3, 0.4) is 0 Å². The molecular formula is C18H22N2. The van der Waals surface area contributed by atoms with Gasteiger partial charge in [-0.05, 0) is 38.6 Å². The first-order valence-electron chi connectivity index (χ1n) is 7.00. The zero-order valence-electron chi connectivity index (χ0n) is 12.5. The standard InChI is InChI=1S/C18H22N2/c1-15(13-17-9-5-4-6-10-17)14-20(3)16(2)18-11-7-8-12-19-18/h4-13,16H,14H2,1-3H3. The lowest BCUT2D eigenvalue weighted by Gasteiger charge is -2.24. The smallest absolute Gasteiger partial charge is 0.0572 e. The molecule has 0 aliphatic carbocycles. The predicted molar refractivity (Wildman–Crippen MR) is 85.4 cm³/mol. The van der Waals surface area contributed by atoms with Gasteiger partial charge in [-0.25, -0.2) is 0 Å². The maximum Gasteiger partial charge on any atom is 0.0572 e. The van der Waals surface area contributed by atoms with Crippen LogP contribution in [0.4, 0.5) is 0 Å². The van der Waals surface area contributed by atoms with Gasteiger partial charge in [0.2, 0.25) is 0 Å². The van der Waals surface area contributed by atoms with E-state index in [0.717, 1.165) is 12.2 Å². The van der Waals surface area contributed by atoms with Crippen LogP contribution in [0.5, 0.6) is 0 Å². The van der Waals surface area contributed by atoms with E-state index in [9.17, 15) is 0 Å². The van der Waals surface area contributed by atoms with Crippen LogP contribution in [0.2, 0.25) is 0 Å². The highest BCUT2D eigenvalue weighted by atomic mass is 15.1. The van der Waals surface area contributed by atoms with Crippen LogP contribution < -0.4 is 0 Å². The van der Waals surface area contributed by atoms with E-state index in [1.54, 1.807) is 0 Å². The molecule has 0 radical (unpaired) electrons. The summed E-state index contributed by atoms with van der Waals surface area (Å²) < 4.78 is 0. The summed E-state index contributed by atoms with van der Waals surface area (Å²) in [7, 11) is 2.14. The van der Waals surface area contributed by atoms with Crippen LogP contribution in [0.15, 0.2) is 60.3 Å². The van der Waals surface area contributed by atoms with Gasteiger partial charge in [-0.2, -0.15) is 0 Å². The molecule has 0 aliphatic rings. The first kappa shape index (κ1) is 14.5. The molecule has 0 saturated heterocycles. The topological polar surface area (TPSA) is 16.1 Å². The molecule has 2 rings (SSSR count). The maximum absolute atomic E-state index is 4.43. The van der Waals surface area contributed by atoms with Gasteiger partial charge in [0.25, 0.3) is 0 Å². The highest BCUT2D eigenvalue weighted by Gasteiger charge is 2.12. The second-order valence-electron chi connectivity index (χ2n) is 5.25. The Morgan fingerprint density at radius 3 is 2.50 bits per heavy atom. The van der Waals surface area contributed by atoms with Crippen molar-refractivity contribution >= 4 is 6.08 Å². The number of nitrogens with zero attached hydrogens (tertiary/aromatic N) is 2. The lowest BCUT2D eigenvalue weighted by atomic mass is 10.1. The highest BCUT2D eigenvalue weighted by molar-refractivity contribution is 5.52. The molecule has 2 heteroatoms. The summed E-state index contributed by atoms with van der Waals surface area (Å²) in [6.45, 7) is 5.30. The van der Waals surface area contributed by atoms with Gasteiger partial charge in [0, 0.05) is 18.8 Å². The summed E-state index contributed by atoms with van der Waals surface area (Å²) in [6.07, 6.45) is 4.09. The fraction of sp³-hybridized carbons (Fsp3) is 0.278. The second kappa shape index (κ2) is 7.01. The normalized spacial score (nSPS) is 13.5. The molecule has 104 valence electrons. The number of rotatable bonds is 5. The molecule has 0 spiro atoms. The van der Waals surface area contributed by atoms with E-state index >= 15 is 0 Å². The van der Waals surface area contributed by atoms with Crippen molar-refractivity contribution in [2.45, 2.75) is 19.9 Å². The molecule has 20 heavy (non-hydrogen) atoms. The molecular weight excluding hydrogens is 244 g/mol. The summed E-state index contributed by atoms with van der Waals surface area (Å²) in [4.78, 5) is 6.75. The Balaban J connectivity index is 2.01. The Hall–Kier alpha value is -1.93. The van der Waals surface area contributed by atoms with E-state index in [1.165, 1.54) is 11.1 Å². The van der Waals surface area contributed by atoms with E-state index in [-0.39, 0.29) is 0 Å². The lowest BCUT2D eigenvalue weighted by Crippen LogP contribution is -2.24. The van der Waals surface area contributed by atoms with Crippen LogP contribution in [0, 0.1) is 0 Å². The van der Waals surface area contributed by atoms with Gasteiger partial charge in [0.15, 0.2) is 0 Å². The molecule has 2 nitrogen and oxygen atoms in total. The van der Waals surface area contributed by atoms with Crippen molar-refractivity contribution < 1.29 is 0 Å². The minimum Gasteiger partial charge on any atom is -0.294 e. The summed E-state index contributed by atoms with van der Waals surface area (Å²) >= 11 is 0. The molecule has 0 bridgehead atoms. The monoisotopic (exact) mass is 266 g/mol. The minimum atomic E-state index is 0.315. The Labute approximate surface area is 121 Å². The number of hydrogen-bond donors (Lipinski definition) is 0. The molecule has 0 aliphatic heterocycles. The largest absolute Gasteiger partial charge is 0.294 e. The van der Waals surface area contributed by atoms with Crippen molar-refractivity contribution in [3.8, 4) is 0 Å². The Morgan fingerprint density at radius 2 is 1.85 bits per heavy atom. The van der Waals surface area contributed by atoms with E-state index in [4.69, 9.17) is 0 Å².